The fourth-order valence-corrected chi connectivity index (χ4v) is 15.7. The first-order valence-electron chi connectivity index (χ1n) is 28.6. The van der Waals surface area contributed by atoms with Crippen molar-refractivity contribution in [2.24, 2.45) is 0 Å². The lowest BCUT2D eigenvalue weighted by atomic mass is 9.88. The average Bonchev–Trinajstić information content (AvgIpc) is 1.72. The Labute approximate surface area is 490 Å². The van der Waals surface area contributed by atoms with Crippen molar-refractivity contribution < 1.29 is 0 Å². The number of benzene rings is 13. The molecular weight excluding hydrogens is 1050 g/mol. The number of fused-ring (bicyclic) bond motifs is 17. The van der Waals surface area contributed by atoms with Gasteiger partial charge in [-0.1, -0.05) is 218 Å². The highest BCUT2D eigenvalue weighted by Gasteiger charge is 2.35. The van der Waals surface area contributed by atoms with Gasteiger partial charge in [0.2, 0.25) is 0 Å². The summed E-state index contributed by atoms with van der Waals surface area (Å²) in [6.45, 7) is 0. The van der Waals surface area contributed by atoms with Gasteiger partial charge in [-0.15, -0.1) is 11.3 Å². The van der Waals surface area contributed by atoms with Crippen LogP contribution in [0.15, 0.2) is 267 Å². The summed E-state index contributed by atoms with van der Waals surface area (Å²) in [5.74, 6) is 0. The number of hydrogen-bond acceptors (Lipinski definition) is 3. The molecule has 0 radical (unpaired) electrons. The minimum absolute atomic E-state index is 0.414. The van der Waals surface area contributed by atoms with E-state index in [1.54, 1.807) is 11.3 Å². The molecule has 85 heavy (non-hydrogen) atoms. The molecule has 0 spiro atoms. The minimum atomic E-state index is 0.414. The standard InChI is InChI=1S/C78H44N6S/c79-45-61-73(81-63-33-13-6-25-51(63)52-26-7-14-34-64(52)81)74(82-65-35-15-8-27-53(65)54-28-9-16-36-66(54)82)62(46-80)76(75(61)83-67-37-17-10-29-55(67)56-30-11-18-38-68(56)83)84-69-39-20-32-59(71-49-24-5-4-23-48(49)41-42-50(71)47-21-2-1-3-22-47)72(69)60-44-43-58-57-31-12-19-40-70(57)85-78(58)77(60)84/h1-44H. The van der Waals surface area contributed by atoms with Gasteiger partial charge in [0, 0.05) is 58.6 Å². The number of para-hydroxylation sites is 6. The summed E-state index contributed by atoms with van der Waals surface area (Å²) in [6.07, 6.45) is 0. The molecule has 6 nitrogen and oxygen atoms in total. The van der Waals surface area contributed by atoms with Gasteiger partial charge in [-0.3, -0.25) is 0 Å². The topological polar surface area (TPSA) is 67.3 Å². The highest BCUT2D eigenvalue weighted by atomic mass is 32.1. The Morgan fingerprint density at radius 2 is 0.682 bits per heavy atom. The fourth-order valence-electron chi connectivity index (χ4n) is 14.5. The molecule has 0 unspecified atom stereocenters. The molecule has 0 aliphatic carbocycles. The summed E-state index contributed by atoms with van der Waals surface area (Å²) in [7, 11) is 0. The third kappa shape index (κ3) is 6.45. The molecule has 13 aromatic carbocycles. The predicted octanol–water partition coefficient (Wildman–Crippen LogP) is 20.7. The summed E-state index contributed by atoms with van der Waals surface area (Å²) in [6, 6.07) is 101. The van der Waals surface area contributed by atoms with Crippen molar-refractivity contribution in [3.8, 4) is 57.1 Å². The smallest absolute Gasteiger partial charge is 0.104 e. The maximum absolute atomic E-state index is 13.1. The monoisotopic (exact) mass is 1100 g/mol. The molecule has 7 heteroatoms. The van der Waals surface area contributed by atoms with Crippen LogP contribution in [0.4, 0.5) is 0 Å². The van der Waals surface area contributed by atoms with Crippen LogP contribution in [0, 0.1) is 22.7 Å². The normalized spacial score (nSPS) is 12.0. The maximum atomic E-state index is 13.1. The number of thiophene rings is 1. The molecule has 0 fully saturated rings. The Hall–Kier alpha value is -11.5. The number of rotatable bonds is 6. The van der Waals surface area contributed by atoms with Gasteiger partial charge in [-0.25, -0.2) is 0 Å². The van der Waals surface area contributed by atoms with E-state index in [1.165, 1.54) is 0 Å². The van der Waals surface area contributed by atoms with Gasteiger partial charge in [-0.2, -0.15) is 10.5 Å². The van der Waals surface area contributed by atoms with Crippen LogP contribution >= 0.6 is 11.3 Å². The third-order valence-electron chi connectivity index (χ3n) is 17.8. The lowest BCUT2D eigenvalue weighted by Gasteiger charge is -2.27. The van der Waals surface area contributed by atoms with Crippen LogP contribution in [0.3, 0.4) is 0 Å². The van der Waals surface area contributed by atoms with Gasteiger partial charge in [0.05, 0.1) is 71.6 Å². The molecule has 0 aliphatic heterocycles. The van der Waals surface area contributed by atoms with Gasteiger partial charge in [0.1, 0.15) is 23.3 Å². The largest absolute Gasteiger partial charge is 0.306 e. The Morgan fingerprint density at radius 1 is 0.282 bits per heavy atom. The zero-order valence-corrected chi connectivity index (χ0v) is 46.3. The van der Waals surface area contributed by atoms with Crippen molar-refractivity contribution in [3.63, 3.8) is 0 Å². The fraction of sp³-hybridized carbons (Fsp3) is 0. The number of aromatic nitrogens is 4. The Balaban J connectivity index is 1.15. The van der Waals surface area contributed by atoms with E-state index in [1.807, 2.05) is 0 Å². The first-order valence-corrected chi connectivity index (χ1v) is 29.5. The Bertz CT molecular complexity index is 5850. The third-order valence-corrected chi connectivity index (χ3v) is 19.0. The van der Waals surface area contributed by atoms with E-state index in [9.17, 15) is 10.5 Å². The first-order chi connectivity index (χ1) is 42.2. The highest BCUT2D eigenvalue weighted by molar-refractivity contribution is 7.26. The molecule has 392 valence electrons. The molecule has 0 atom stereocenters. The summed E-state index contributed by atoms with van der Waals surface area (Å²) in [5.41, 5.74) is 15.1. The molecule has 5 aromatic heterocycles. The van der Waals surface area contributed by atoms with E-state index in [4.69, 9.17) is 0 Å². The molecular formula is C78H44N6S. The van der Waals surface area contributed by atoms with Gasteiger partial charge in [0.15, 0.2) is 0 Å². The average molecular weight is 1100 g/mol. The van der Waals surface area contributed by atoms with Crippen LogP contribution in [-0.2, 0) is 0 Å². The SMILES string of the molecule is N#Cc1c(-n2c3ccccc3c3ccccc32)c(-n2c3ccccc3c3ccccc32)c(C#N)c(-n2c3cccc(-c4c(-c5ccccc5)ccc5ccccc45)c3c3ccc4c5ccccc5sc4c32)c1-n1c2ccccc2c2ccccc21. The predicted molar refractivity (Wildman–Crippen MR) is 354 cm³/mol. The number of nitrogens with zero attached hydrogens (tertiary/aromatic N) is 6. The van der Waals surface area contributed by atoms with Crippen molar-refractivity contribution in [2.45, 2.75) is 0 Å². The molecule has 0 N–H and O–H groups in total. The molecule has 18 aromatic rings. The zero-order chi connectivity index (χ0) is 56.0. The molecule has 0 aliphatic rings. The highest BCUT2D eigenvalue weighted by Crippen LogP contribution is 2.53. The van der Waals surface area contributed by atoms with Crippen molar-refractivity contribution in [1.29, 1.82) is 10.5 Å². The Morgan fingerprint density at radius 3 is 1.18 bits per heavy atom. The van der Waals surface area contributed by atoms with Gasteiger partial charge < -0.3 is 18.3 Å². The van der Waals surface area contributed by atoms with Crippen LogP contribution in [0.1, 0.15) is 11.1 Å². The maximum Gasteiger partial charge on any atom is 0.104 e. The summed E-state index contributed by atoms with van der Waals surface area (Å²) in [4.78, 5) is 0. The van der Waals surface area contributed by atoms with E-state index in [-0.39, 0.29) is 0 Å². The van der Waals surface area contributed by atoms with Crippen LogP contribution in [0.2, 0.25) is 0 Å². The first kappa shape index (κ1) is 47.2. The van der Waals surface area contributed by atoms with Gasteiger partial charge >= 0.3 is 0 Å². The second-order valence-electron chi connectivity index (χ2n) is 22.0. The zero-order valence-electron chi connectivity index (χ0n) is 45.5. The molecule has 0 amide bonds. The quantitative estimate of drug-likeness (QED) is 0.166. The molecule has 5 heterocycles. The summed E-state index contributed by atoms with van der Waals surface area (Å²) < 4.78 is 11.5. The molecule has 18 rings (SSSR count). The van der Waals surface area contributed by atoms with Crippen LogP contribution in [0.25, 0.3) is 163 Å². The van der Waals surface area contributed by atoms with Crippen molar-refractivity contribution >= 4 is 130 Å². The van der Waals surface area contributed by atoms with E-state index >= 15 is 0 Å². The second kappa shape index (κ2) is 18.0. The van der Waals surface area contributed by atoms with Crippen LogP contribution < -0.4 is 0 Å². The molecule has 0 saturated heterocycles. The van der Waals surface area contributed by atoms with E-state index in [0.717, 1.165) is 140 Å². The summed E-state index contributed by atoms with van der Waals surface area (Å²) in [5, 5.41) is 39.0. The number of hydrogen-bond donors (Lipinski definition) is 0. The minimum Gasteiger partial charge on any atom is -0.306 e. The van der Waals surface area contributed by atoms with Gasteiger partial charge in [-0.05, 0) is 81.6 Å². The van der Waals surface area contributed by atoms with Crippen molar-refractivity contribution in [2.75, 3.05) is 0 Å². The summed E-state index contributed by atoms with van der Waals surface area (Å²) >= 11 is 1.78. The number of nitriles is 2. The van der Waals surface area contributed by atoms with Crippen LogP contribution in [-0.4, -0.2) is 18.3 Å². The lowest BCUT2D eigenvalue weighted by molar-refractivity contribution is 1.03. The molecule has 0 bridgehead atoms. The van der Waals surface area contributed by atoms with E-state index in [0.29, 0.717) is 33.9 Å². The molecule has 0 saturated carbocycles. The van der Waals surface area contributed by atoms with Crippen molar-refractivity contribution in [1.82, 2.24) is 18.3 Å². The lowest BCUT2D eigenvalue weighted by Crippen LogP contribution is -2.16. The van der Waals surface area contributed by atoms with Gasteiger partial charge in [0.25, 0.3) is 0 Å². The Kier molecular flexibility index (Phi) is 10.00. The van der Waals surface area contributed by atoms with E-state index in [2.05, 4.69) is 297 Å². The van der Waals surface area contributed by atoms with Crippen LogP contribution in [0.5, 0.6) is 0 Å². The van der Waals surface area contributed by atoms with Crippen molar-refractivity contribution in [3.05, 3.63) is 278 Å². The second-order valence-corrected chi connectivity index (χ2v) is 23.1. The van der Waals surface area contributed by atoms with E-state index < -0.39 is 0 Å².